The Balaban J connectivity index is 1.99. The van der Waals surface area contributed by atoms with Crippen LogP contribution in [0.4, 0.5) is 4.39 Å². The first-order chi connectivity index (χ1) is 8.97. The van der Waals surface area contributed by atoms with Gasteiger partial charge in [-0.25, -0.2) is 9.18 Å². The summed E-state index contributed by atoms with van der Waals surface area (Å²) < 4.78 is 18.5. The van der Waals surface area contributed by atoms with Gasteiger partial charge in [-0.2, -0.15) is 0 Å². The molecule has 1 saturated carbocycles. The second kappa shape index (κ2) is 5.69. The zero-order chi connectivity index (χ0) is 14.0. The molecule has 0 saturated heterocycles. The minimum atomic E-state index is -0.900. The van der Waals surface area contributed by atoms with E-state index in [1.807, 2.05) is 0 Å². The first-order valence-electron chi connectivity index (χ1n) is 5.94. The first-order valence-corrected chi connectivity index (χ1v) is 6.73. The Morgan fingerprint density at radius 2 is 2.16 bits per heavy atom. The molecule has 4 nitrogen and oxygen atoms in total. The Morgan fingerprint density at radius 3 is 2.79 bits per heavy atom. The Morgan fingerprint density at radius 1 is 1.47 bits per heavy atom. The maximum atomic E-state index is 13.1. The van der Waals surface area contributed by atoms with Crippen molar-refractivity contribution in [1.29, 1.82) is 0 Å². The molecule has 0 aromatic heterocycles. The van der Waals surface area contributed by atoms with E-state index in [0.29, 0.717) is 4.47 Å². The van der Waals surface area contributed by atoms with E-state index < -0.39 is 17.9 Å². The lowest BCUT2D eigenvalue weighted by Crippen LogP contribution is -2.37. The van der Waals surface area contributed by atoms with Crippen LogP contribution in [0.2, 0.25) is 0 Å². The number of amides is 1. The van der Waals surface area contributed by atoms with Gasteiger partial charge in [0, 0.05) is 10.5 Å². The van der Waals surface area contributed by atoms with Crippen LogP contribution in [0.25, 0.3) is 0 Å². The molecule has 1 N–H and O–H groups in total. The largest absolute Gasteiger partial charge is 0.449 e. The molecular weight excluding hydrogens is 317 g/mol. The summed E-state index contributed by atoms with van der Waals surface area (Å²) in [6.45, 7) is 1.49. The molecule has 0 radical (unpaired) electrons. The van der Waals surface area contributed by atoms with Gasteiger partial charge in [-0.15, -0.1) is 0 Å². The number of esters is 1. The molecule has 1 aromatic rings. The van der Waals surface area contributed by atoms with E-state index in [1.54, 1.807) is 0 Å². The molecule has 1 aliphatic rings. The fraction of sp³-hybridized carbons (Fsp3) is 0.385. The predicted octanol–water partition coefficient (Wildman–Crippen LogP) is 2.41. The minimum absolute atomic E-state index is 0.0612. The summed E-state index contributed by atoms with van der Waals surface area (Å²) in [6.07, 6.45) is 1.02. The van der Waals surface area contributed by atoms with Crippen molar-refractivity contribution in [2.45, 2.75) is 31.9 Å². The zero-order valence-corrected chi connectivity index (χ0v) is 11.9. The number of carbonyl (C=O) groups is 2. The lowest BCUT2D eigenvalue weighted by atomic mass is 10.2. The van der Waals surface area contributed by atoms with E-state index in [9.17, 15) is 14.0 Å². The van der Waals surface area contributed by atoms with E-state index in [2.05, 4.69) is 21.2 Å². The van der Waals surface area contributed by atoms with E-state index >= 15 is 0 Å². The van der Waals surface area contributed by atoms with Crippen molar-refractivity contribution in [1.82, 2.24) is 5.32 Å². The highest BCUT2D eigenvalue weighted by molar-refractivity contribution is 9.10. The molecule has 1 amide bonds. The Labute approximate surface area is 118 Å². The third-order valence-corrected chi connectivity index (χ3v) is 3.42. The topological polar surface area (TPSA) is 55.4 Å². The molecule has 2 rings (SSSR count). The normalized spacial score (nSPS) is 15.7. The molecule has 6 heteroatoms. The second-order valence-corrected chi connectivity index (χ2v) is 5.31. The first kappa shape index (κ1) is 14.0. The molecule has 0 bridgehead atoms. The van der Waals surface area contributed by atoms with Crippen LogP contribution in [0.3, 0.4) is 0 Å². The molecule has 0 heterocycles. The van der Waals surface area contributed by atoms with Crippen LogP contribution in [0.1, 0.15) is 30.1 Å². The molecule has 1 aliphatic carbocycles. The van der Waals surface area contributed by atoms with Crippen molar-refractivity contribution < 1.29 is 18.7 Å². The van der Waals surface area contributed by atoms with E-state index in [1.165, 1.54) is 19.1 Å². The van der Waals surface area contributed by atoms with Gasteiger partial charge in [-0.3, -0.25) is 4.79 Å². The molecule has 1 fully saturated rings. The predicted molar refractivity (Wildman–Crippen MR) is 70.1 cm³/mol. The quantitative estimate of drug-likeness (QED) is 0.863. The summed E-state index contributed by atoms with van der Waals surface area (Å²) >= 11 is 3.14. The number of hydrogen-bond donors (Lipinski definition) is 1. The average Bonchev–Trinajstić information content (AvgIpc) is 3.15. The third-order valence-electron chi connectivity index (χ3n) is 2.73. The number of ether oxygens (including phenoxy) is 1. The summed E-state index contributed by atoms with van der Waals surface area (Å²) in [5, 5.41) is 2.73. The van der Waals surface area contributed by atoms with Crippen molar-refractivity contribution >= 4 is 27.8 Å². The summed E-state index contributed by atoms with van der Waals surface area (Å²) in [4.78, 5) is 23.5. The Bertz CT molecular complexity index is 517. The van der Waals surface area contributed by atoms with Crippen LogP contribution in [-0.2, 0) is 9.53 Å². The Hall–Kier alpha value is -1.43. The standard InChI is InChI=1S/C13H13BrFNO3/c1-7(12(17)16-9-3-4-9)19-13(18)10-6-8(15)2-5-11(10)14/h2,5-7,9H,3-4H2,1H3,(H,16,17)/t7-/m0/s1. The highest BCUT2D eigenvalue weighted by atomic mass is 79.9. The molecule has 0 aliphatic heterocycles. The number of benzene rings is 1. The molecule has 1 atom stereocenters. The van der Waals surface area contributed by atoms with Crippen LogP contribution in [0.5, 0.6) is 0 Å². The number of rotatable bonds is 4. The molecule has 0 spiro atoms. The van der Waals surface area contributed by atoms with Crippen LogP contribution >= 0.6 is 15.9 Å². The van der Waals surface area contributed by atoms with Gasteiger partial charge in [0.25, 0.3) is 5.91 Å². The van der Waals surface area contributed by atoms with Gasteiger partial charge in [0.1, 0.15) is 5.82 Å². The van der Waals surface area contributed by atoms with Gasteiger partial charge in [0.05, 0.1) is 5.56 Å². The molecular formula is C13H13BrFNO3. The van der Waals surface area contributed by atoms with E-state index in [0.717, 1.165) is 18.9 Å². The maximum Gasteiger partial charge on any atom is 0.340 e. The van der Waals surface area contributed by atoms with E-state index in [-0.39, 0.29) is 17.5 Å². The highest BCUT2D eigenvalue weighted by Gasteiger charge is 2.27. The van der Waals surface area contributed by atoms with Crippen molar-refractivity contribution in [3.8, 4) is 0 Å². The van der Waals surface area contributed by atoms with Gasteiger partial charge < -0.3 is 10.1 Å². The van der Waals surface area contributed by atoms with Gasteiger partial charge in [0.15, 0.2) is 6.10 Å². The Kier molecular flexibility index (Phi) is 4.19. The lowest BCUT2D eigenvalue weighted by molar-refractivity contribution is -0.129. The maximum absolute atomic E-state index is 13.1. The number of nitrogens with one attached hydrogen (secondary N) is 1. The summed E-state index contributed by atoms with van der Waals surface area (Å²) in [5.74, 6) is -1.60. The van der Waals surface area contributed by atoms with Crippen LogP contribution < -0.4 is 5.32 Å². The molecule has 19 heavy (non-hydrogen) atoms. The summed E-state index contributed by atoms with van der Waals surface area (Å²) in [6, 6.07) is 3.91. The minimum Gasteiger partial charge on any atom is -0.449 e. The molecule has 1 aromatic carbocycles. The second-order valence-electron chi connectivity index (χ2n) is 4.45. The SMILES string of the molecule is C[C@H](OC(=O)c1cc(F)ccc1Br)C(=O)NC1CC1. The van der Waals surface area contributed by atoms with Gasteiger partial charge >= 0.3 is 5.97 Å². The smallest absolute Gasteiger partial charge is 0.340 e. The van der Waals surface area contributed by atoms with Crippen LogP contribution in [0, 0.1) is 5.82 Å². The number of carbonyl (C=O) groups excluding carboxylic acids is 2. The molecule has 102 valence electrons. The summed E-state index contributed by atoms with van der Waals surface area (Å²) in [7, 11) is 0. The summed E-state index contributed by atoms with van der Waals surface area (Å²) in [5.41, 5.74) is 0.0612. The van der Waals surface area contributed by atoms with Crippen LogP contribution in [-0.4, -0.2) is 24.0 Å². The lowest BCUT2D eigenvalue weighted by Gasteiger charge is -2.13. The van der Waals surface area contributed by atoms with Crippen molar-refractivity contribution in [3.63, 3.8) is 0 Å². The van der Waals surface area contributed by atoms with Crippen LogP contribution in [0.15, 0.2) is 22.7 Å². The van der Waals surface area contributed by atoms with E-state index in [4.69, 9.17) is 4.74 Å². The average molecular weight is 330 g/mol. The zero-order valence-electron chi connectivity index (χ0n) is 10.3. The third kappa shape index (κ3) is 3.76. The van der Waals surface area contributed by atoms with Gasteiger partial charge in [-0.1, -0.05) is 0 Å². The van der Waals surface area contributed by atoms with Gasteiger partial charge in [-0.05, 0) is 53.9 Å². The molecule has 0 unspecified atom stereocenters. The van der Waals surface area contributed by atoms with Gasteiger partial charge in [0.2, 0.25) is 0 Å². The van der Waals surface area contributed by atoms with Crippen molar-refractivity contribution in [3.05, 3.63) is 34.1 Å². The fourth-order valence-corrected chi connectivity index (χ4v) is 1.89. The van der Waals surface area contributed by atoms with Crippen molar-refractivity contribution in [2.24, 2.45) is 0 Å². The number of hydrogen-bond acceptors (Lipinski definition) is 3. The monoisotopic (exact) mass is 329 g/mol. The fourth-order valence-electron chi connectivity index (χ4n) is 1.48. The highest BCUT2D eigenvalue weighted by Crippen LogP contribution is 2.20. The van der Waals surface area contributed by atoms with Crippen molar-refractivity contribution in [2.75, 3.05) is 0 Å². The number of halogens is 2.